The Hall–Kier alpha value is -2.26. The van der Waals surface area contributed by atoms with Crippen molar-refractivity contribution >= 4 is 18.3 Å². The molecule has 0 bridgehead atoms. The van der Waals surface area contributed by atoms with Gasteiger partial charge in [-0.05, 0) is 31.5 Å². The Morgan fingerprint density at radius 2 is 2.11 bits per heavy atom. The molecule has 2 heterocycles. The average molecular weight is 419 g/mol. The van der Waals surface area contributed by atoms with Gasteiger partial charge in [0.1, 0.15) is 11.4 Å². The third-order valence-corrected chi connectivity index (χ3v) is 4.29. The fourth-order valence-electron chi connectivity index (χ4n) is 2.94. The molecule has 1 unspecified atom stereocenters. The molecule has 1 aromatic carbocycles. The Balaban J connectivity index is 0.00000280. The van der Waals surface area contributed by atoms with Gasteiger partial charge in [-0.2, -0.15) is 18.3 Å². The first kappa shape index (κ1) is 22.0. The highest BCUT2D eigenvalue weighted by Crippen LogP contribution is 2.22. The third-order valence-electron chi connectivity index (χ3n) is 4.29. The van der Waals surface area contributed by atoms with Crippen LogP contribution in [0, 0.1) is 0 Å². The van der Waals surface area contributed by atoms with Crippen LogP contribution in [0.25, 0.3) is 0 Å². The normalized spacial score (nSPS) is 16.9. The predicted molar refractivity (Wildman–Crippen MR) is 99.8 cm³/mol. The maximum atomic E-state index is 12.4. The molecule has 1 atom stereocenters. The number of amides is 1. The van der Waals surface area contributed by atoms with Gasteiger partial charge in [0.05, 0.1) is 6.04 Å². The summed E-state index contributed by atoms with van der Waals surface area (Å²) in [6.45, 7) is 0.468. The van der Waals surface area contributed by atoms with E-state index in [0.29, 0.717) is 5.56 Å². The standard InChI is InChI=1S/C18H21F3N4O2.ClH/c19-18(20,21)12-27-16-6-2-1-4-13(16)10-23-17(26)15-7-9-25(24-15)14-5-3-8-22-11-14;/h1-2,4,6-7,9,14,22H,3,5,8,10-12H2,(H,23,26);1H. The Bertz CT molecular complexity index is 776. The lowest BCUT2D eigenvalue weighted by molar-refractivity contribution is -0.153. The Morgan fingerprint density at radius 3 is 2.82 bits per heavy atom. The number of nitrogens with one attached hydrogen (secondary N) is 2. The smallest absolute Gasteiger partial charge is 0.422 e. The maximum Gasteiger partial charge on any atom is 0.422 e. The van der Waals surface area contributed by atoms with Crippen LogP contribution in [0.2, 0.25) is 0 Å². The number of aromatic nitrogens is 2. The van der Waals surface area contributed by atoms with Crippen LogP contribution in [-0.4, -0.2) is 41.6 Å². The monoisotopic (exact) mass is 418 g/mol. The van der Waals surface area contributed by atoms with Crippen molar-refractivity contribution in [2.75, 3.05) is 19.7 Å². The number of ether oxygens (including phenoxy) is 1. The van der Waals surface area contributed by atoms with E-state index in [1.54, 1.807) is 35.1 Å². The van der Waals surface area contributed by atoms with E-state index in [0.717, 1.165) is 25.9 Å². The van der Waals surface area contributed by atoms with Gasteiger partial charge in [-0.1, -0.05) is 18.2 Å². The van der Waals surface area contributed by atoms with Crippen LogP contribution in [0.5, 0.6) is 5.75 Å². The molecular formula is C18H22ClF3N4O2. The van der Waals surface area contributed by atoms with Crippen molar-refractivity contribution in [3.05, 3.63) is 47.8 Å². The van der Waals surface area contributed by atoms with Crippen LogP contribution in [0.4, 0.5) is 13.2 Å². The Morgan fingerprint density at radius 1 is 1.32 bits per heavy atom. The Kier molecular flexibility index (Phi) is 7.70. The van der Waals surface area contributed by atoms with Crippen molar-refractivity contribution in [2.24, 2.45) is 0 Å². The fourth-order valence-corrected chi connectivity index (χ4v) is 2.94. The number of hydrogen-bond donors (Lipinski definition) is 2. The van der Waals surface area contributed by atoms with E-state index < -0.39 is 12.8 Å². The summed E-state index contributed by atoms with van der Waals surface area (Å²) in [7, 11) is 0. The van der Waals surface area contributed by atoms with E-state index in [9.17, 15) is 18.0 Å². The van der Waals surface area contributed by atoms with Gasteiger partial charge in [-0.3, -0.25) is 9.48 Å². The molecule has 28 heavy (non-hydrogen) atoms. The van der Waals surface area contributed by atoms with Crippen molar-refractivity contribution in [1.29, 1.82) is 0 Å². The molecule has 1 aromatic heterocycles. The van der Waals surface area contributed by atoms with Gasteiger partial charge in [0.15, 0.2) is 6.61 Å². The van der Waals surface area contributed by atoms with Gasteiger partial charge in [0, 0.05) is 24.8 Å². The SMILES string of the molecule is Cl.O=C(NCc1ccccc1OCC(F)(F)F)c1ccn(C2CCCNC2)n1. The van der Waals surface area contributed by atoms with Crippen LogP contribution in [0.15, 0.2) is 36.5 Å². The third kappa shape index (κ3) is 6.13. The number of carbonyl (C=O) groups is 1. The topological polar surface area (TPSA) is 68.2 Å². The lowest BCUT2D eigenvalue weighted by atomic mass is 10.1. The Labute approximate surface area is 166 Å². The number of benzene rings is 1. The summed E-state index contributed by atoms with van der Waals surface area (Å²) >= 11 is 0. The van der Waals surface area contributed by atoms with Gasteiger partial charge in [0.25, 0.3) is 5.91 Å². The first-order chi connectivity index (χ1) is 12.9. The average Bonchev–Trinajstić information content (AvgIpc) is 3.15. The molecule has 6 nitrogen and oxygen atoms in total. The molecular weight excluding hydrogens is 397 g/mol. The van der Waals surface area contributed by atoms with Gasteiger partial charge < -0.3 is 15.4 Å². The van der Waals surface area contributed by atoms with Gasteiger partial charge in [-0.15, -0.1) is 12.4 Å². The highest BCUT2D eigenvalue weighted by atomic mass is 35.5. The zero-order valence-electron chi connectivity index (χ0n) is 15.0. The van der Waals surface area contributed by atoms with Crippen molar-refractivity contribution in [1.82, 2.24) is 20.4 Å². The second-order valence-corrected chi connectivity index (χ2v) is 6.38. The van der Waals surface area contributed by atoms with E-state index in [1.165, 1.54) is 6.07 Å². The first-order valence-electron chi connectivity index (χ1n) is 8.74. The molecule has 3 rings (SSSR count). The van der Waals surface area contributed by atoms with Gasteiger partial charge >= 0.3 is 6.18 Å². The van der Waals surface area contributed by atoms with Crippen LogP contribution in [-0.2, 0) is 6.54 Å². The van der Waals surface area contributed by atoms with Crippen molar-refractivity contribution in [3.63, 3.8) is 0 Å². The molecule has 2 aromatic rings. The van der Waals surface area contributed by atoms with Gasteiger partial charge in [-0.25, -0.2) is 0 Å². The fraction of sp³-hybridized carbons (Fsp3) is 0.444. The van der Waals surface area contributed by atoms with Gasteiger partial charge in [0.2, 0.25) is 0 Å². The number of halogens is 4. The molecule has 1 amide bonds. The second kappa shape index (κ2) is 9.79. The van der Waals surface area contributed by atoms with Crippen LogP contribution in [0.1, 0.15) is 34.9 Å². The van der Waals surface area contributed by atoms with E-state index >= 15 is 0 Å². The quantitative estimate of drug-likeness (QED) is 0.756. The summed E-state index contributed by atoms with van der Waals surface area (Å²) < 4.78 is 43.7. The molecule has 0 radical (unpaired) electrons. The maximum absolute atomic E-state index is 12.4. The van der Waals surface area contributed by atoms with Crippen LogP contribution in [0.3, 0.4) is 0 Å². The van der Waals surface area contributed by atoms with Crippen LogP contribution < -0.4 is 15.4 Å². The van der Waals surface area contributed by atoms with E-state index in [-0.39, 0.29) is 42.3 Å². The van der Waals surface area contributed by atoms with Crippen molar-refractivity contribution in [2.45, 2.75) is 31.6 Å². The summed E-state index contributed by atoms with van der Waals surface area (Å²) in [5, 5.41) is 10.3. The number of para-hydroxylation sites is 1. The summed E-state index contributed by atoms with van der Waals surface area (Å²) in [4.78, 5) is 12.3. The minimum absolute atomic E-state index is 0. The number of piperidine rings is 1. The summed E-state index contributed by atoms with van der Waals surface area (Å²) in [5.41, 5.74) is 0.736. The molecule has 0 spiro atoms. The molecule has 0 saturated carbocycles. The molecule has 2 N–H and O–H groups in total. The summed E-state index contributed by atoms with van der Waals surface area (Å²) in [5.74, 6) is -0.294. The largest absolute Gasteiger partial charge is 0.484 e. The number of carbonyl (C=O) groups excluding carboxylic acids is 1. The van der Waals surface area contributed by atoms with Crippen molar-refractivity contribution in [3.8, 4) is 5.75 Å². The highest BCUT2D eigenvalue weighted by Gasteiger charge is 2.28. The van der Waals surface area contributed by atoms with E-state index in [4.69, 9.17) is 4.74 Å². The van der Waals surface area contributed by atoms with E-state index in [2.05, 4.69) is 15.7 Å². The van der Waals surface area contributed by atoms with Crippen LogP contribution >= 0.6 is 12.4 Å². The molecule has 154 valence electrons. The highest BCUT2D eigenvalue weighted by molar-refractivity contribution is 5.92. The van der Waals surface area contributed by atoms with E-state index in [1.807, 2.05) is 0 Å². The minimum Gasteiger partial charge on any atom is -0.484 e. The predicted octanol–water partition coefficient (Wildman–Crippen LogP) is 3.10. The number of nitrogens with zero attached hydrogens (tertiary/aromatic N) is 2. The first-order valence-corrected chi connectivity index (χ1v) is 8.74. The lowest BCUT2D eigenvalue weighted by Crippen LogP contribution is -2.32. The zero-order chi connectivity index (χ0) is 19.3. The second-order valence-electron chi connectivity index (χ2n) is 6.38. The molecule has 0 aliphatic carbocycles. The summed E-state index contributed by atoms with van der Waals surface area (Å²) in [6, 6.07) is 8.16. The minimum atomic E-state index is -4.42. The summed E-state index contributed by atoms with van der Waals surface area (Å²) in [6.07, 6.45) is -0.593. The lowest BCUT2D eigenvalue weighted by Gasteiger charge is -2.22. The van der Waals surface area contributed by atoms with Crippen molar-refractivity contribution < 1.29 is 22.7 Å². The molecule has 1 aliphatic heterocycles. The number of hydrogen-bond acceptors (Lipinski definition) is 4. The molecule has 10 heteroatoms. The zero-order valence-corrected chi connectivity index (χ0v) is 15.9. The number of alkyl halides is 3. The molecule has 1 saturated heterocycles. The molecule has 1 aliphatic rings. The molecule has 1 fully saturated rings. The number of rotatable bonds is 6.